The summed E-state index contributed by atoms with van der Waals surface area (Å²) in [6, 6.07) is 14.1. The number of hydrogen-bond acceptors (Lipinski definition) is 3. The minimum absolute atomic E-state index is 0.0614. The van der Waals surface area contributed by atoms with Crippen molar-refractivity contribution in [3.63, 3.8) is 0 Å². The number of nitrogens with one attached hydrogen (secondary N) is 1. The molecule has 0 spiro atoms. The third-order valence-electron chi connectivity index (χ3n) is 5.33. The van der Waals surface area contributed by atoms with Crippen molar-refractivity contribution in [2.45, 2.75) is 46.5 Å². The summed E-state index contributed by atoms with van der Waals surface area (Å²) in [6.45, 7) is 8.12. The van der Waals surface area contributed by atoms with Gasteiger partial charge >= 0.3 is 0 Å². The van der Waals surface area contributed by atoms with E-state index in [1.807, 2.05) is 38.1 Å². The molecule has 29 heavy (non-hydrogen) atoms. The molecule has 2 aromatic rings. The Morgan fingerprint density at radius 2 is 1.59 bits per heavy atom. The molecular formula is C24H31N3O2. The Bertz CT molecular complexity index is 835. The Balaban J connectivity index is 1.57. The molecule has 3 rings (SSSR count). The summed E-state index contributed by atoms with van der Waals surface area (Å²) in [5.41, 5.74) is 5.04. The molecular weight excluding hydrogens is 362 g/mol. The number of aryl methyl sites for hydroxylation is 2. The zero-order valence-corrected chi connectivity index (χ0v) is 17.7. The molecule has 0 saturated carbocycles. The van der Waals surface area contributed by atoms with Crippen molar-refractivity contribution in [2.24, 2.45) is 0 Å². The lowest BCUT2D eigenvalue weighted by atomic mass is 10.1. The van der Waals surface area contributed by atoms with Crippen molar-refractivity contribution < 1.29 is 9.59 Å². The van der Waals surface area contributed by atoms with Gasteiger partial charge in [-0.3, -0.25) is 9.59 Å². The maximum Gasteiger partial charge on any atom is 0.226 e. The highest BCUT2D eigenvalue weighted by Crippen LogP contribution is 2.22. The summed E-state index contributed by atoms with van der Waals surface area (Å²) in [7, 11) is 0. The fourth-order valence-electron chi connectivity index (χ4n) is 3.92. The standard InChI is InChI=1S/C24H31N3O2/c1-18-15-19(2)17-23(16-18)27(20(3)28)14-11-24(29)25-21-7-9-22(10-8-21)26-12-5-4-6-13-26/h7-10,15-17H,4-6,11-14H2,1-3H3,(H,25,29). The summed E-state index contributed by atoms with van der Waals surface area (Å²) in [4.78, 5) is 28.6. The van der Waals surface area contributed by atoms with Crippen LogP contribution < -0.4 is 15.1 Å². The van der Waals surface area contributed by atoms with Crippen LogP contribution in [0.4, 0.5) is 17.1 Å². The van der Waals surface area contributed by atoms with E-state index in [-0.39, 0.29) is 18.2 Å². The molecule has 5 heteroatoms. The van der Waals surface area contributed by atoms with Crippen molar-refractivity contribution in [1.82, 2.24) is 0 Å². The Hall–Kier alpha value is -2.82. The second-order valence-electron chi connectivity index (χ2n) is 7.91. The van der Waals surface area contributed by atoms with Crippen molar-refractivity contribution in [1.29, 1.82) is 0 Å². The van der Waals surface area contributed by atoms with Gasteiger partial charge in [0.05, 0.1) is 0 Å². The van der Waals surface area contributed by atoms with E-state index in [2.05, 4.69) is 28.4 Å². The number of amides is 2. The molecule has 0 bridgehead atoms. The van der Waals surface area contributed by atoms with Crippen LogP contribution in [0.3, 0.4) is 0 Å². The molecule has 0 unspecified atom stereocenters. The van der Waals surface area contributed by atoms with Gasteiger partial charge < -0.3 is 15.1 Å². The molecule has 154 valence electrons. The fourth-order valence-corrected chi connectivity index (χ4v) is 3.92. The Morgan fingerprint density at radius 1 is 0.966 bits per heavy atom. The van der Waals surface area contributed by atoms with Crippen LogP contribution in [0.15, 0.2) is 42.5 Å². The van der Waals surface area contributed by atoms with Gasteiger partial charge in [0.15, 0.2) is 0 Å². The van der Waals surface area contributed by atoms with Crippen LogP contribution in [0.2, 0.25) is 0 Å². The monoisotopic (exact) mass is 393 g/mol. The molecule has 0 atom stereocenters. The van der Waals surface area contributed by atoms with Gasteiger partial charge in [0.25, 0.3) is 0 Å². The van der Waals surface area contributed by atoms with Crippen LogP contribution in [0.25, 0.3) is 0 Å². The lowest BCUT2D eigenvalue weighted by Gasteiger charge is -2.28. The fraction of sp³-hybridized carbons (Fsp3) is 0.417. The van der Waals surface area contributed by atoms with Crippen LogP contribution >= 0.6 is 0 Å². The summed E-state index contributed by atoms with van der Waals surface area (Å²) >= 11 is 0. The molecule has 2 amide bonds. The lowest BCUT2D eigenvalue weighted by Crippen LogP contribution is -2.32. The molecule has 5 nitrogen and oxygen atoms in total. The zero-order valence-electron chi connectivity index (χ0n) is 17.7. The average molecular weight is 394 g/mol. The number of anilines is 3. The lowest BCUT2D eigenvalue weighted by molar-refractivity contribution is -0.117. The van der Waals surface area contributed by atoms with Crippen LogP contribution in [0, 0.1) is 13.8 Å². The highest BCUT2D eigenvalue weighted by molar-refractivity contribution is 5.95. The predicted octanol–water partition coefficient (Wildman–Crippen LogP) is 4.68. The Morgan fingerprint density at radius 3 is 2.17 bits per heavy atom. The van der Waals surface area contributed by atoms with Crippen LogP contribution in [0.1, 0.15) is 43.7 Å². The highest BCUT2D eigenvalue weighted by Gasteiger charge is 2.15. The van der Waals surface area contributed by atoms with E-state index in [1.165, 1.54) is 31.9 Å². The molecule has 2 aromatic carbocycles. The van der Waals surface area contributed by atoms with Gasteiger partial charge in [0.1, 0.15) is 0 Å². The van der Waals surface area contributed by atoms with E-state index in [1.54, 1.807) is 4.90 Å². The molecule has 1 saturated heterocycles. The summed E-state index contributed by atoms with van der Waals surface area (Å²) in [5.74, 6) is -0.153. The van der Waals surface area contributed by atoms with Gasteiger partial charge in [-0.15, -0.1) is 0 Å². The normalized spacial score (nSPS) is 13.8. The maximum atomic E-state index is 12.4. The average Bonchev–Trinajstić information content (AvgIpc) is 2.68. The number of benzene rings is 2. The molecule has 0 radical (unpaired) electrons. The van der Waals surface area contributed by atoms with Gasteiger partial charge in [-0.25, -0.2) is 0 Å². The number of rotatable bonds is 6. The first-order chi connectivity index (χ1) is 13.9. The van der Waals surface area contributed by atoms with E-state index < -0.39 is 0 Å². The van der Waals surface area contributed by atoms with Crippen molar-refractivity contribution in [3.8, 4) is 0 Å². The molecule has 1 heterocycles. The minimum Gasteiger partial charge on any atom is -0.372 e. The first-order valence-electron chi connectivity index (χ1n) is 10.4. The molecule has 1 aliphatic rings. The predicted molar refractivity (Wildman–Crippen MR) is 120 cm³/mol. The van der Waals surface area contributed by atoms with E-state index >= 15 is 0 Å². The van der Waals surface area contributed by atoms with E-state index in [0.29, 0.717) is 6.54 Å². The summed E-state index contributed by atoms with van der Waals surface area (Å²) in [5, 5.41) is 2.95. The van der Waals surface area contributed by atoms with Gasteiger partial charge in [0.2, 0.25) is 11.8 Å². The Kier molecular flexibility index (Phi) is 6.91. The number of nitrogens with zero attached hydrogens (tertiary/aromatic N) is 2. The molecule has 1 N–H and O–H groups in total. The zero-order chi connectivity index (χ0) is 20.8. The van der Waals surface area contributed by atoms with E-state index in [9.17, 15) is 9.59 Å². The van der Waals surface area contributed by atoms with Gasteiger partial charge in [0, 0.05) is 50.0 Å². The maximum absolute atomic E-state index is 12.4. The number of carbonyl (C=O) groups excluding carboxylic acids is 2. The second-order valence-corrected chi connectivity index (χ2v) is 7.91. The SMILES string of the molecule is CC(=O)N(CCC(=O)Nc1ccc(N2CCCCC2)cc1)c1cc(C)cc(C)c1. The minimum atomic E-state index is -0.0913. The van der Waals surface area contributed by atoms with E-state index in [4.69, 9.17) is 0 Å². The topological polar surface area (TPSA) is 52.7 Å². The van der Waals surface area contributed by atoms with Crippen LogP contribution in [-0.4, -0.2) is 31.4 Å². The molecule has 1 fully saturated rings. The molecule has 1 aliphatic heterocycles. The van der Waals surface area contributed by atoms with Gasteiger partial charge in [-0.1, -0.05) is 6.07 Å². The number of hydrogen-bond donors (Lipinski definition) is 1. The Labute approximate surface area is 173 Å². The largest absolute Gasteiger partial charge is 0.372 e. The molecule has 0 aromatic heterocycles. The van der Waals surface area contributed by atoms with Crippen molar-refractivity contribution in [3.05, 3.63) is 53.6 Å². The van der Waals surface area contributed by atoms with E-state index in [0.717, 1.165) is 35.6 Å². The van der Waals surface area contributed by atoms with Crippen molar-refractivity contribution >= 4 is 28.9 Å². The first kappa shape index (κ1) is 20.9. The van der Waals surface area contributed by atoms with Gasteiger partial charge in [-0.2, -0.15) is 0 Å². The smallest absolute Gasteiger partial charge is 0.226 e. The molecule has 0 aliphatic carbocycles. The quantitative estimate of drug-likeness (QED) is 0.776. The van der Waals surface area contributed by atoms with Crippen LogP contribution in [-0.2, 0) is 9.59 Å². The van der Waals surface area contributed by atoms with Crippen LogP contribution in [0.5, 0.6) is 0 Å². The summed E-state index contributed by atoms with van der Waals surface area (Å²) in [6.07, 6.45) is 4.04. The number of piperidine rings is 1. The third kappa shape index (κ3) is 5.83. The van der Waals surface area contributed by atoms with Gasteiger partial charge in [-0.05, 0) is 80.6 Å². The highest BCUT2D eigenvalue weighted by atomic mass is 16.2. The third-order valence-corrected chi connectivity index (χ3v) is 5.33. The first-order valence-corrected chi connectivity index (χ1v) is 10.4. The number of carbonyl (C=O) groups is 2. The van der Waals surface area contributed by atoms with Crippen molar-refractivity contribution in [2.75, 3.05) is 34.8 Å². The summed E-state index contributed by atoms with van der Waals surface area (Å²) < 4.78 is 0. The second kappa shape index (κ2) is 9.59.